The molecule has 0 saturated carbocycles. The summed E-state index contributed by atoms with van der Waals surface area (Å²) in [6.07, 6.45) is 4.92. The van der Waals surface area contributed by atoms with E-state index in [0.717, 1.165) is 37.4 Å². The Morgan fingerprint density at radius 3 is 2.42 bits per heavy atom. The van der Waals surface area contributed by atoms with Crippen molar-refractivity contribution in [1.29, 1.82) is 0 Å². The predicted octanol–water partition coefficient (Wildman–Crippen LogP) is 3.49. The molecule has 2 aromatic rings. The van der Waals surface area contributed by atoms with Gasteiger partial charge in [0.2, 0.25) is 0 Å². The average molecular weight is 328 g/mol. The van der Waals surface area contributed by atoms with Crippen molar-refractivity contribution in [2.45, 2.75) is 26.7 Å². The molecule has 1 N–H and O–H groups in total. The highest BCUT2D eigenvalue weighted by molar-refractivity contribution is 5.92. The maximum Gasteiger partial charge on any atom is 0.274 e. The van der Waals surface area contributed by atoms with Crippen LogP contribution in [0.4, 0.5) is 11.5 Å². The normalized spacial score (nSPS) is 10.3. The van der Waals surface area contributed by atoms with Gasteiger partial charge in [0.05, 0.1) is 25.2 Å². The topological polar surface area (TPSA) is 67.4 Å². The molecule has 1 heterocycles. The van der Waals surface area contributed by atoms with Gasteiger partial charge >= 0.3 is 0 Å². The summed E-state index contributed by atoms with van der Waals surface area (Å²) in [5.41, 5.74) is 1.16. The minimum atomic E-state index is -0.0740. The third-order valence-corrected chi connectivity index (χ3v) is 3.51. The van der Waals surface area contributed by atoms with E-state index < -0.39 is 0 Å². The Labute approximate surface area is 142 Å². The number of aromatic nitrogens is 2. The van der Waals surface area contributed by atoms with E-state index in [1.165, 1.54) is 6.20 Å². The number of ether oxygens (including phenoxy) is 1. The Bertz CT molecular complexity index is 652. The number of methoxy groups -OCH3 is 1. The monoisotopic (exact) mass is 328 g/mol. The maximum absolute atomic E-state index is 12.5. The van der Waals surface area contributed by atoms with Crippen molar-refractivity contribution in [2.75, 3.05) is 25.5 Å². The first-order valence-corrected chi connectivity index (χ1v) is 8.21. The number of amides is 1. The molecule has 0 bridgehead atoms. The number of nitrogens with one attached hydrogen (secondary N) is 1. The van der Waals surface area contributed by atoms with Gasteiger partial charge in [-0.3, -0.25) is 4.79 Å². The Balaban J connectivity index is 2.11. The summed E-state index contributed by atoms with van der Waals surface area (Å²) in [5, 5.41) is 3.15. The summed E-state index contributed by atoms with van der Waals surface area (Å²) >= 11 is 0. The summed E-state index contributed by atoms with van der Waals surface area (Å²) in [6, 6.07) is 7.56. The minimum absolute atomic E-state index is 0.0740. The lowest BCUT2D eigenvalue weighted by Gasteiger charge is -2.20. The molecule has 1 aromatic heterocycles. The Morgan fingerprint density at radius 1 is 1.12 bits per heavy atom. The van der Waals surface area contributed by atoms with E-state index in [0.29, 0.717) is 11.5 Å². The van der Waals surface area contributed by atoms with Crippen molar-refractivity contribution in [3.05, 3.63) is 42.4 Å². The molecule has 0 atom stereocenters. The third-order valence-electron chi connectivity index (χ3n) is 3.51. The van der Waals surface area contributed by atoms with Gasteiger partial charge in [-0.15, -0.1) is 0 Å². The third kappa shape index (κ3) is 4.44. The second kappa shape index (κ2) is 8.86. The van der Waals surface area contributed by atoms with Gasteiger partial charge < -0.3 is 15.0 Å². The van der Waals surface area contributed by atoms with Gasteiger partial charge in [-0.2, -0.15) is 0 Å². The van der Waals surface area contributed by atoms with Crippen LogP contribution in [-0.4, -0.2) is 41.0 Å². The van der Waals surface area contributed by atoms with Crippen LogP contribution in [-0.2, 0) is 0 Å². The Hall–Kier alpha value is -2.63. The van der Waals surface area contributed by atoms with Crippen molar-refractivity contribution in [1.82, 2.24) is 14.9 Å². The number of hydrogen-bond donors (Lipinski definition) is 1. The van der Waals surface area contributed by atoms with E-state index in [1.54, 1.807) is 13.3 Å². The van der Waals surface area contributed by atoms with E-state index in [4.69, 9.17) is 4.74 Å². The summed E-state index contributed by atoms with van der Waals surface area (Å²) in [7, 11) is 1.62. The van der Waals surface area contributed by atoms with Gasteiger partial charge in [-0.1, -0.05) is 26.0 Å². The molecular formula is C18H24N4O2. The SMILES string of the molecule is CCCN(CCC)C(=O)c1cnc(Nc2ccccc2OC)cn1. The smallest absolute Gasteiger partial charge is 0.274 e. The molecule has 0 unspecified atom stereocenters. The molecule has 0 radical (unpaired) electrons. The highest BCUT2D eigenvalue weighted by Gasteiger charge is 2.16. The number of nitrogens with zero attached hydrogens (tertiary/aromatic N) is 3. The van der Waals surface area contributed by atoms with Gasteiger partial charge in [0.25, 0.3) is 5.91 Å². The zero-order valence-electron chi connectivity index (χ0n) is 14.5. The van der Waals surface area contributed by atoms with Gasteiger partial charge in [-0.05, 0) is 25.0 Å². The molecule has 1 amide bonds. The van der Waals surface area contributed by atoms with Crippen LogP contribution in [0.5, 0.6) is 5.75 Å². The molecule has 2 rings (SSSR count). The van der Waals surface area contributed by atoms with Crippen LogP contribution >= 0.6 is 0 Å². The first-order chi connectivity index (χ1) is 11.7. The van der Waals surface area contributed by atoms with E-state index in [2.05, 4.69) is 29.1 Å². The van der Waals surface area contributed by atoms with E-state index >= 15 is 0 Å². The molecule has 24 heavy (non-hydrogen) atoms. The zero-order valence-corrected chi connectivity index (χ0v) is 14.5. The molecule has 1 aromatic carbocycles. The first-order valence-electron chi connectivity index (χ1n) is 8.21. The summed E-state index contributed by atoms with van der Waals surface area (Å²) in [5.74, 6) is 1.21. The van der Waals surface area contributed by atoms with E-state index in [9.17, 15) is 4.79 Å². The second-order valence-corrected chi connectivity index (χ2v) is 5.40. The lowest BCUT2D eigenvalue weighted by molar-refractivity contribution is 0.0749. The van der Waals surface area contributed by atoms with Crippen LogP contribution in [0.1, 0.15) is 37.2 Å². The standard InChI is InChI=1S/C18H24N4O2/c1-4-10-22(11-5-2)18(23)15-12-20-17(13-19-15)21-14-8-6-7-9-16(14)24-3/h6-9,12-13H,4-5,10-11H2,1-3H3,(H,20,21). The molecule has 0 aliphatic heterocycles. The van der Waals surface area contributed by atoms with Crippen molar-refractivity contribution in [2.24, 2.45) is 0 Å². The number of anilines is 2. The maximum atomic E-state index is 12.5. The molecule has 0 spiro atoms. The highest BCUT2D eigenvalue weighted by atomic mass is 16.5. The van der Waals surface area contributed by atoms with Crippen LogP contribution in [0, 0.1) is 0 Å². The Kier molecular flexibility index (Phi) is 6.54. The van der Waals surface area contributed by atoms with Gasteiger partial charge in [0.15, 0.2) is 0 Å². The Morgan fingerprint density at radius 2 is 1.83 bits per heavy atom. The van der Waals surface area contributed by atoms with Crippen LogP contribution < -0.4 is 10.1 Å². The van der Waals surface area contributed by atoms with Crippen LogP contribution in [0.15, 0.2) is 36.7 Å². The predicted molar refractivity (Wildman–Crippen MR) is 94.8 cm³/mol. The molecule has 0 aliphatic rings. The van der Waals surface area contributed by atoms with Crippen molar-refractivity contribution < 1.29 is 9.53 Å². The van der Waals surface area contributed by atoms with E-state index in [1.807, 2.05) is 29.2 Å². The van der Waals surface area contributed by atoms with E-state index in [-0.39, 0.29) is 5.91 Å². The minimum Gasteiger partial charge on any atom is -0.495 e. The summed E-state index contributed by atoms with van der Waals surface area (Å²) in [4.78, 5) is 22.8. The van der Waals surface area contributed by atoms with Gasteiger partial charge in [-0.25, -0.2) is 9.97 Å². The van der Waals surface area contributed by atoms with Gasteiger partial charge in [0.1, 0.15) is 17.3 Å². The second-order valence-electron chi connectivity index (χ2n) is 5.40. The molecule has 6 nitrogen and oxygen atoms in total. The van der Waals surface area contributed by atoms with Crippen LogP contribution in [0.2, 0.25) is 0 Å². The quantitative estimate of drug-likeness (QED) is 0.803. The van der Waals surface area contributed by atoms with Crippen molar-refractivity contribution in [3.8, 4) is 5.75 Å². The number of benzene rings is 1. The fourth-order valence-electron chi connectivity index (χ4n) is 2.41. The number of hydrogen-bond acceptors (Lipinski definition) is 5. The number of rotatable bonds is 8. The molecule has 0 aliphatic carbocycles. The van der Waals surface area contributed by atoms with Crippen molar-refractivity contribution in [3.63, 3.8) is 0 Å². The fraction of sp³-hybridized carbons (Fsp3) is 0.389. The van der Waals surface area contributed by atoms with Crippen LogP contribution in [0.3, 0.4) is 0 Å². The number of carbonyl (C=O) groups is 1. The molecular weight excluding hydrogens is 304 g/mol. The van der Waals surface area contributed by atoms with Crippen molar-refractivity contribution >= 4 is 17.4 Å². The highest BCUT2D eigenvalue weighted by Crippen LogP contribution is 2.25. The lowest BCUT2D eigenvalue weighted by atomic mass is 10.3. The lowest BCUT2D eigenvalue weighted by Crippen LogP contribution is -2.33. The largest absolute Gasteiger partial charge is 0.495 e. The number of para-hydroxylation sites is 2. The first kappa shape index (κ1) is 17.7. The number of carbonyl (C=O) groups excluding carboxylic acids is 1. The zero-order chi connectivity index (χ0) is 17.4. The van der Waals surface area contributed by atoms with Crippen LogP contribution in [0.25, 0.3) is 0 Å². The summed E-state index contributed by atoms with van der Waals surface area (Å²) < 4.78 is 5.29. The van der Waals surface area contributed by atoms with Gasteiger partial charge in [0, 0.05) is 13.1 Å². The fourth-order valence-corrected chi connectivity index (χ4v) is 2.41. The molecule has 0 fully saturated rings. The summed E-state index contributed by atoms with van der Waals surface area (Å²) in [6.45, 7) is 5.58. The molecule has 0 saturated heterocycles. The molecule has 128 valence electrons. The average Bonchev–Trinajstić information content (AvgIpc) is 2.62. The molecule has 6 heteroatoms.